The summed E-state index contributed by atoms with van der Waals surface area (Å²) >= 11 is 0. The van der Waals surface area contributed by atoms with Gasteiger partial charge in [0.2, 0.25) is 11.8 Å². The van der Waals surface area contributed by atoms with E-state index in [1.807, 2.05) is 0 Å². The van der Waals surface area contributed by atoms with Gasteiger partial charge in [0, 0.05) is 6.54 Å². The molecular formula is C9H12N2O4. The van der Waals surface area contributed by atoms with E-state index in [4.69, 9.17) is 5.11 Å². The van der Waals surface area contributed by atoms with Crippen LogP contribution < -0.4 is 5.32 Å². The van der Waals surface area contributed by atoms with E-state index in [9.17, 15) is 14.4 Å². The van der Waals surface area contributed by atoms with E-state index in [0.717, 1.165) is 0 Å². The highest BCUT2D eigenvalue weighted by Gasteiger charge is 2.44. The Bertz CT molecular complexity index is 328. The van der Waals surface area contributed by atoms with Crippen LogP contribution in [0.2, 0.25) is 0 Å². The molecule has 2 heterocycles. The summed E-state index contributed by atoms with van der Waals surface area (Å²) < 4.78 is 0. The van der Waals surface area contributed by atoms with Crippen molar-refractivity contribution in [3.63, 3.8) is 0 Å². The minimum atomic E-state index is -0.904. The van der Waals surface area contributed by atoms with Gasteiger partial charge in [0.05, 0.1) is 18.4 Å². The second kappa shape index (κ2) is 3.62. The van der Waals surface area contributed by atoms with Gasteiger partial charge >= 0.3 is 5.97 Å². The van der Waals surface area contributed by atoms with E-state index >= 15 is 0 Å². The number of nitrogens with one attached hydrogen (secondary N) is 1. The van der Waals surface area contributed by atoms with Crippen molar-refractivity contribution in [2.45, 2.75) is 6.42 Å². The zero-order valence-corrected chi connectivity index (χ0v) is 8.10. The van der Waals surface area contributed by atoms with Crippen LogP contribution in [0.4, 0.5) is 0 Å². The van der Waals surface area contributed by atoms with Crippen molar-refractivity contribution in [3.05, 3.63) is 0 Å². The van der Waals surface area contributed by atoms with Gasteiger partial charge in [0.15, 0.2) is 0 Å². The number of carboxylic acids is 1. The first-order valence-corrected chi connectivity index (χ1v) is 4.87. The van der Waals surface area contributed by atoms with Crippen LogP contribution in [0, 0.1) is 11.8 Å². The van der Waals surface area contributed by atoms with Crippen molar-refractivity contribution in [1.82, 2.24) is 10.2 Å². The minimum absolute atomic E-state index is 0.0648. The number of carboxylic acid groups (broad SMARTS) is 1. The maximum absolute atomic E-state index is 11.3. The number of imide groups is 1. The Hall–Kier alpha value is -1.43. The summed E-state index contributed by atoms with van der Waals surface area (Å²) in [5, 5.41) is 10.9. The van der Waals surface area contributed by atoms with Crippen LogP contribution in [-0.4, -0.2) is 47.4 Å². The molecule has 0 bridgehead atoms. The second-order valence-corrected chi connectivity index (χ2v) is 3.98. The maximum Gasteiger partial charge on any atom is 0.317 e. The normalized spacial score (nSPS) is 31.2. The largest absolute Gasteiger partial charge is 0.480 e. The molecule has 82 valence electrons. The molecule has 0 aromatic carbocycles. The summed E-state index contributed by atoms with van der Waals surface area (Å²) in [5.41, 5.74) is 0. The van der Waals surface area contributed by atoms with Crippen LogP contribution in [-0.2, 0) is 14.4 Å². The van der Waals surface area contributed by atoms with Crippen LogP contribution in [0.25, 0.3) is 0 Å². The summed E-state index contributed by atoms with van der Waals surface area (Å²) in [5.74, 6) is -1.98. The number of hydrogen-bond donors (Lipinski definition) is 2. The number of amides is 2. The van der Waals surface area contributed by atoms with Gasteiger partial charge < -0.3 is 5.11 Å². The fourth-order valence-corrected chi connectivity index (χ4v) is 2.24. The van der Waals surface area contributed by atoms with Crippen molar-refractivity contribution in [3.8, 4) is 0 Å². The molecule has 2 fully saturated rings. The number of nitrogens with zero attached hydrogens (tertiary/aromatic N) is 1. The molecule has 0 aromatic rings. The molecule has 0 unspecified atom stereocenters. The Morgan fingerprint density at radius 3 is 2.73 bits per heavy atom. The van der Waals surface area contributed by atoms with Crippen LogP contribution in [0.1, 0.15) is 6.42 Å². The number of hydrogen-bond acceptors (Lipinski definition) is 4. The van der Waals surface area contributed by atoms with Crippen molar-refractivity contribution >= 4 is 17.8 Å². The van der Waals surface area contributed by atoms with Gasteiger partial charge in [-0.25, -0.2) is 0 Å². The third kappa shape index (κ3) is 1.85. The average molecular weight is 212 g/mol. The molecule has 2 aliphatic rings. The Kier molecular flexibility index (Phi) is 2.44. The molecule has 0 aromatic heterocycles. The Morgan fingerprint density at radius 2 is 2.07 bits per heavy atom. The maximum atomic E-state index is 11.3. The predicted molar refractivity (Wildman–Crippen MR) is 48.8 cm³/mol. The van der Waals surface area contributed by atoms with Crippen molar-refractivity contribution in [2.75, 3.05) is 19.6 Å². The molecule has 0 saturated carbocycles. The molecule has 15 heavy (non-hydrogen) atoms. The van der Waals surface area contributed by atoms with Crippen LogP contribution in [0.5, 0.6) is 0 Å². The summed E-state index contributed by atoms with van der Waals surface area (Å²) in [6, 6.07) is 0. The first-order chi connectivity index (χ1) is 7.08. The molecule has 6 heteroatoms. The summed E-state index contributed by atoms with van der Waals surface area (Å²) in [4.78, 5) is 34.8. The lowest BCUT2D eigenvalue weighted by Crippen LogP contribution is -2.43. The SMILES string of the molecule is O=C(O)CN1CC[C@@H]2C(=O)NC(=O)[C@H]2C1. The zero-order valence-electron chi connectivity index (χ0n) is 8.10. The summed E-state index contributed by atoms with van der Waals surface area (Å²) in [7, 11) is 0. The fraction of sp³-hybridized carbons (Fsp3) is 0.667. The third-order valence-electron chi connectivity index (χ3n) is 2.98. The topological polar surface area (TPSA) is 86.7 Å². The number of likely N-dealkylation sites (tertiary alicyclic amines) is 1. The van der Waals surface area contributed by atoms with Gasteiger partial charge in [-0.2, -0.15) is 0 Å². The molecule has 2 atom stereocenters. The highest BCUT2D eigenvalue weighted by Crippen LogP contribution is 2.28. The van der Waals surface area contributed by atoms with Gasteiger partial charge in [-0.15, -0.1) is 0 Å². The van der Waals surface area contributed by atoms with Crippen molar-refractivity contribution in [1.29, 1.82) is 0 Å². The highest BCUT2D eigenvalue weighted by atomic mass is 16.4. The number of piperidine rings is 1. The standard InChI is InChI=1S/C9H12N2O4/c12-7(13)4-11-2-1-5-6(3-11)9(15)10-8(5)14/h5-6H,1-4H2,(H,12,13)(H,10,14,15)/t5-,6-/m0/s1. The molecule has 2 saturated heterocycles. The molecule has 6 nitrogen and oxygen atoms in total. The minimum Gasteiger partial charge on any atom is -0.480 e. The molecule has 2 aliphatic heterocycles. The average Bonchev–Trinajstić information content (AvgIpc) is 2.41. The lowest BCUT2D eigenvalue weighted by molar-refractivity contribution is -0.139. The fourth-order valence-electron chi connectivity index (χ4n) is 2.24. The smallest absolute Gasteiger partial charge is 0.317 e. The summed E-state index contributed by atoms with van der Waals surface area (Å²) in [6.07, 6.45) is 0.565. The molecule has 0 aliphatic carbocycles. The van der Waals surface area contributed by atoms with Crippen LogP contribution >= 0.6 is 0 Å². The molecule has 2 N–H and O–H groups in total. The molecule has 2 amide bonds. The van der Waals surface area contributed by atoms with Crippen molar-refractivity contribution < 1.29 is 19.5 Å². The van der Waals surface area contributed by atoms with Gasteiger partial charge in [-0.1, -0.05) is 0 Å². The van der Waals surface area contributed by atoms with Gasteiger partial charge in [0.25, 0.3) is 0 Å². The number of aliphatic carboxylic acids is 1. The van der Waals surface area contributed by atoms with Crippen LogP contribution in [0.3, 0.4) is 0 Å². The molecular weight excluding hydrogens is 200 g/mol. The predicted octanol–water partition coefficient (Wildman–Crippen LogP) is -1.33. The molecule has 0 radical (unpaired) electrons. The first-order valence-electron chi connectivity index (χ1n) is 4.87. The monoisotopic (exact) mass is 212 g/mol. The highest BCUT2D eigenvalue weighted by molar-refractivity contribution is 6.05. The van der Waals surface area contributed by atoms with Gasteiger partial charge in [0.1, 0.15) is 0 Å². The Balaban J connectivity index is 2.02. The van der Waals surface area contributed by atoms with Crippen molar-refractivity contribution in [2.24, 2.45) is 11.8 Å². The summed E-state index contributed by atoms with van der Waals surface area (Å²) in [6.45, 7) is 0.868. The second-order valence-electron chi connectivity index (χ2n) is 3.98. The molecule has 2 rings (SSSR count). The van der Waals surface area contributed by atoms with E-state index < -0.39 is 5.97 Å². The number of rotatable bonds is 2. The van der Waals surface area contributed by atoms with E-state index in [2.05, 4.69) is 5.32 Å². The number of fused-ring (bicyclic) bond motifs is 1. The lowest BCUT2D eigenvalue weighted by atomic mass is 9.88. The number of carbonyl (C=O) groups is 3. The van der Waals surface area contributed by atoms with Gasteiger partial charge in [-0.05, 0) is 13.0 Å². The third-order valence-corrected chi connectivity index (χ3v) is 2.98. The zero-order chi connectivity index (χ0) is 11.0. The Morgan fingerprint density at radius 1 is 1.40 bits per heavy atom. The lowest BCUT2D eigenvalue weighted by Gasteiger charge is -2.30. The van der Waals surface area contributed by atoms with E-state index in [1.54, 1.807) is 4.90 Å². The molecule has 0 spiro atoms. The Labute approximate surface area is 86.2 Å². The first kappa shape index (κ1) is 10.1. The number of carbonyl (C=O) groups excluding carboxylic acids is 2. The van der Waals surface area contributed by atoms with Crippen LogP contribution in [0.15, 0.2) is 0 Å². The van der Waals surface area contributed by atoms with E-state index in [1.165, 1.54) is 0 Å². The quantitative estimate of drug-likeness (QED) is 0.553. The van der Waals surface area contributed by atoms with E-state index in [0.29, 0.717) is 19.5 Å². The van der Waals surface area contributed by atoms with Gasteiger partial charge in [-0.3, -0.25) is 24.6 Å². The van der Waals surface area contributed by atoms with E-state index in [-0.39, 0.29) is 30.2 Å².